The van der Waals surface area contributed by atoms with Gasteiger partial charge in [0.15, 0.2) is 5.01 Å². The summed E-state index contributed by atoms with van der Waals surface area (Å²) in [5, 5.41) is 12.5. The fourth-order valence-electron chi connectivity index (χ4n) is 2.10. The number of anilines is 1. The maximum atomic E-state index is 12.3. The molecule has 1 N–H and O–H groups in total. The molecule has 1 aromatic heterocycles. The number of aromatic nitrogens is 2. The van der Waals surface area contributed by atoms with Crippen LogP contribution in [-0.4, -0.2) is 16.1 Å². The minimum Gasteiger partial charge on any atom is -0.486 e. The Morgan fingerprint density at radius 3 is 2.62 bits per heavy atom. The number of carbonyl (C=O) groups is 1. The van der Waals surface area contributed by atoms with Gasteiger partial charge in [-0.25, -0.2) is 0 Å². The smallest absolute Gasteiger partial charge is 0.253 e. The van der Waals surface area contributed by atoms with Gasteiger partial charge in [-0.2, -0.15) is 0 Å². The molecule has 5 nitrogen and oxygen atoms in total. The van der Waals surface area contributed by atoms with E-state index in [1.54, 1.807) is 31.2 Å². The van der Waals surface area contributed by atoms with Crippen LogP contribution in [0.15, 0.2) is 60.2 Å². The van der Waals surface area contributed by atoms with E-state index in [0.29, 0.717) is 26.5 Å². The second-order valence-corrected chi connectivity index (χ2v) is 6.93. The average Bonchev–Trinajstić information content (AvgIpc) is 3.09. The molecular weight excluding hydrogens is 370 g/mol. The topological polar surface area (TPSA) is 64.1 Å². The van der Waals surface area contributed by atoms with Crippen molar-refractivity contribution >= 4 is 40.1 Å². The quantitative estimate of drug-likeness (QED) is 0.618. The third kappa shape index (κ3) is 5.15. The summed E-state index contributed by atoms with van der Waals surface area (Å²) in [6, 6.07) is 16.7. The molecule has 0 radical (unpaired) electrons. The van der Waals surface area contributed by atoms with Gasteiger partial charge < -0.3 is 4.74 Å². The third-order valence-electron chi connectivity index (χ3n) is 3.40. The lowest BCUT2D eigenvalue weighted by Crippen LogP contribution is -2.12. The van der Waals surface area contributed by atoms with Crippen molar-refractivity contribution in [1.29, 1.82) is 0 Å². The van der Waals surface area contributed by atoms with Crippen LogP contribution in [0, 0.1) is 0 Å². The predicted octanol–water partition coefficient (Wildman–Crippen LogP) is 4.81. The molecule has 26 heavy (non-hydrogen) atoms. The Bertz CT molecular complexity index is 908. The van der Waals surface area contributed by atoms with Crippen LogP contribution in [0.1, 0.15) is 17.5 Å². The minimum atomic E-state index is -0.213. The molecule has 2 aromatic carbocycles. The molecule has 0 unspecified atom stereocenters. The van der Waals surface area contributed by atoms with Crippen molar-refractivity contribution < 1.29 is 9.53 Å². The monoisotopic (exact) mass is 385 g/mol. The fourth-order valence-corrected chi connectivity index (χ4v) is 2.87. The maximum Gasteiger partial charge on any atom is 0.253 e. The van der Waals surface area contributed by atoms with Gasteiger partial charge in [0.05, 0.1) is 0 Å². The van der Waals surface area contributed by atoms with Crippen molar-refractivity contribution in [3.05, 3.63) is 75.8 Å². The van der Waals surface area contributed by atoms with Crippen LogP contribution in [0.5, 0.6) is 5.75 Å². The van der Waals surface area contributed by atoms with E-state index in [2.05, 4.69) is 15.5 Å². The summed E-state index contributed by atoms with van der Waals surface area (Å²) in [6.45, 7) is 2.03. The summed E-state index contributed by atoms with van der Waals surface area (Å²) in [7, 11) is 0. The van der Waals surface area contributed by atoms with Crippen LogP contribution in [0.25, 0.3) is 6.08 Å². The molecule has 0 saturated heterocycles. The zero-order valence-electron chi connectivity index (χ0n) is 14.0. The molecule has 0 bridgehead atoms. The number of hydrogen-bond donors (Lipinski definition) is 1. The van der Waals surface area contributed by atoms with Crippen LogP contribution >= 0.6 is 22.9 Å². The first-order chi connectivity index (χ1) is 12.6. The Morgan fingerprint density at radius 1 is 1.15 bits per heavy atom. The fraction of sp³-hybridized carbons (Fsp3) is 0.105. The van der Waals surface area contributed by atoms with E-state index in [1.165, 1.54) is 11.3 Å². The van der Waals surface area contributed by atoms with Gasteiger partial charge in [-0.3, -0.25) is 10.1 Å². The Hall–Kier alpha value is -2.70. The number of nitrogens with one attached hydrogen (secondary N) is 1. The summed E-state index contributed by atoms with van der Waals surface area (Å²) in [5.41, 5.74) is 1.56. The van der Waals surface area contributed by atoms with E-state index in [9.17, 15) is 4.79 Å². The first kappa shape index (κ1) is 18.1. The number of halogens is 1. The second kappa shape index (κ2) is 8.60. The molecule has 1 amide bonds. The van der Waals surface area contributed by atoms with E-state index in [-0.39, 0.29) is 12.5 Å². The highest BCUT2D eigenvalue weighted by atomic mass is 35.5. The zero-order valence-corrected chi connectivity index (χ0v) is 15.6. The van der Waals surface area contributed by atoms with Gasteiger partial charge in [0.25, 0.3) is 5.91 Å². The number of nitrogens with zero attached hydrogens (tertiary/aromatic N) is 2. The number of ether oxygens (including phenoxy) is 1. The summed E-state index contributed by atoms with van der Waals surface area (Å²) in [6.07, 6.45) is 1.82. The average molecular weight is 386 g/mol. The number of benzene rings is 2. The molecule has 1 heterocycles. The van der Waals surface area contributed by atoms with Crippen molar-refractivity contribution in [2.75, 3.05) is 5.32 Å². The van der Waals surface area contributed by atoms with Crippen LogP contribution in [0.3, 0.4) is 0 Å². The number of rotatable bonds is 6. The summed E-state index contributed by atoms with van der Waals surface area (Å²) < 4.78 is 5.62. The minimum absolute atomic E-state index is 0.213. The Balaban J connectivity index is 1.56. The Kier molecular flexibility index (Phi) is 5.99. The SMILES string of the molecule is CC(=Cc1ccccc1)C(=O)Nc1nnc(COc2ccc(Cl)cc2)s1. The van der Waals surface area contributed by atoms with Crippen molar-refractivity contribution in [3.63, 3.8) is 0 Å². The normalized spacial score (nSPS) is 11.2. The summed E-state index contributed by atoms with van der Waals surface area (Å²) in [5.74, 6) is 0.479. The molecule has 0 atom stereocenters. The van der Waals surface area contributed by atoms with Crippen molar-refractivity contribution in [3.8, 4) is 5.75 Å². The van der Waals surface area contributed by atoms with Crippen molar-refractivity contribution in [2.45, 2.75) is 13.5 Å². The lowest BCUT2D eigenvalue weighted by molar-refractivity contribution is -0.112. The number of hydrogen-bond acceptors (Lipinski definition) is 5. The predicted molar refractivity (Wildman–Crippen MR) is 104 cm³/mol. The van der Waals surface area contributed by atoms with Gasteiger partial charge >= 0.3 is 0 Å². The van der Waals surface area contributed by atoms with Gasteiger partial charge in [0, 0.05) is 10.6 Å². The van der Waals surface area contributed by atoms with Gasteiger partial charge in [-0.1, -0.05) is 53.3 Å². The molecule has 132 valence electrons. The molecule has 7 heteroatoms. The van der Waals surface area contributed by atoms with E-state index in [1.807, 2.05) is 36.4 Å². The van der Waals surface area contributed by atoms with Crippen LogP contribution < -0.4 is 10.1 Å². The van der Waals surface area contributed by atoms with E-state index in [4.69, 9.17) is 16.3 Å². The van der Waals surface area contributed by atoms with E-state index < -0.39 is 0 Å². The lowest BCUT2D eigenvalue weighted by atomic mass is 10.1. The standard InChI is InChI=1S/C19H16ClN3O2S/c1-13(11-14-5-3-2-4-6-14)18(24)21-19-23-22-17(26-19)12-25-16-9-7-15(20)8-10-16/h2-11H,12H2,1H3,(H,21,23,24). The molecule has 0 aliphatic rings. The third-order valence-corrected chi connectivity index (χ3v) is 4.47. The molecule has 3 aromatic rings. The highest BCUT2D eigenvalue weighted by Gasteiger charge is 2.10. The Morgan fingerprint density at radius 2 is 1.88 bits per heavy atom. The van der Waals surface area contributed by atoms with E-state index in [0.717, 1.165) is 5.56 Å². The number of carbonyl (C=O) groups excluding carboxylic acids is 1. The number of amides is 1. The van der Waals surface area contributed by atoms with Gasteiger partial charge in [-0.15, -0.1) is 10.2 Å². The van der Waals surface area contributed by atoms with Gasteiger partial charge in [-0.05, 0) is 42.8 Å². The van der Waals surface area contributed by atoms with Gasteiger partial charge in [0.1, 0.15) is 12.4 Å². The lowest BCUT2D eigenvalue weighted by Gasteiger charge is -2.03. The molecule has 0 fully saturated rings. The molecule has 3 rings (SSSR count). The summed E-state index contributed by atoms with van der Waals surface area (Å²) in [4.78, 5) is 12.3. The second-order valence-electron chi connectivity index (χ2n) is 5.44. The van der Waals surface area contributed by atoms with E-state index >= 15 is 0 Å². The maximum absolute atomic E-state index is 12.3. The highest BCUT2D eigenvalue weighted by molar-refractivity contribution is 7.15. The van der Waals surface area contributed by atoms with Crippen molar-refractivity contribution in [2.24, 2.45) is 0 Å². The molecule has 0 aliphatic heterocycles. The molecule has 0 aliphatic carbocycles. The first-order valence-electron chi connectivity index (χ1n) is 7.85. The van der Waals surface area contributed by atoms with Crippen LogP contribution in [0.4, 0.5) is 5.13 Å². The zero-order chi connectivity index (χ0) is 18.4. The molecule has 0 saturated carbocycles. The highest BCUT2D eigenvalue weighted by Crippen LogP contribution is 2.20. The molecule has 0 spiro atoms. The van der Waals surface area contributed by atoms with Crippen LogP contribution in [-0.2, 0) is 11.4 Å². The first-order valence-corrected chi connectivity index (χ1v) is 9.05. The molecular formula is C19H16ClN3O2S. The summed E-state index contributed by atoms with van der Waals surface area (Å²) >= 11 is 7.11. The Labute approximate surface area is 160 Å². The van der Waals surface area contributed by atoms with Gasteiger partial charge in [0.2, 0.25) is 5.13 Å². The van der Waals surface area contributed by atoms with Crippen LogP contribution in [0.2, 0.25) is 5.02 Å². The van der Waals surface area contributed by atoms with Crippen molar-refractivity contribution in [1.82, 2.24) is 10.2 Å². The largest absolute Gasteiger partial charge is 0.486 e.